The molecule has 0 bridgehead atoms. The highest BCUT2D eigenvalue weighted by Gasteiger charge is 2.48. The highest BCUT2D eigenvalue weighted by Crippen LogP contribution is 2.37. The lowest BCUT2D eigenvalue weighted by Crippen LogP contribution is -2.64. The third-order valence-corrected chi connectivity index (χ3v) is 4.69. The number of carbonyl (C=O) groups excluding carboxylic acids is 3. The van der Waals surface area contributed by atoms with Gasteiger partial charge in [0.1, 0.15) is 5.56 Å². The van der Waals surface area contributed by atoms with E-state index in [-0.39, 0.29) is 5.69 Å². The first kappa shape index (κ1) is 21.0. The van der Waals surface area contributed by atoms with E-state index in [0.717, 1.165) is 11.0 Å². The summed E-state index contributed by atoms with van der Waals surface area (Å²) in [5, 5.41) is 13.0. The predicted octanol–water partition coefficient (Wildman–Crippen LogP) is 1.11. The first-order valence-electron chi connectivity index (χ1n) is 8.40. The molecule has 0 aliphatic carbocycles. The number of alkyl halides is 3. The van der Waals surface area contributed by atoms with Crippen LogP contribution < -0.4 is 5.32 Å². The fourth-order valence-electron chi connectivity index (χ4n) is 3.21. The molecule has 30 heavy (non-hydrogen) atoms. The van der Waals surface area contributed by atoms with Crippen molar-refractivity contribution in [1.29, 1.82) is 0 Å². The first-order valence-corrected chi connectivity index (χ1v) is 8.40. The van der Waals surface area contributed by atoms with Gasteiger partial charge in [-0.2, -0.15) is 13.2 Å². The van der Waals surface area contributed by atoms with Crippen LogP contribution in [0.3, 0.4) is 0 Å². The van der Waals surface area contributed by atoms with E-state index in [9.17, 15) is 37.7 Å². The number of rotatable bonds is 4. The van der Waals surface area contributed by atoms with Crippen LogP contribution in [0.15, 0.2) is 23.2 Å². The smallest absolute Gasteiger partial charge is 0.338 e. The highest BCUT2D eigenvalue weighted by atomic mass is 19.4. The van der Waals surface area contributed by atoms with Crippen molar-refractivity contribution in [2.45, 2.75) is 18.4 Å². The van der Waals surface area contributed by atoms with Crippen LogP contribution in [-0.4, -0.2) is 76.7 Å². The van der Waals surface area contributed by atoms with Gasteiger partial charge in [-0.3, -0.25) is 24.6 Å². The number of halogens is 3. The number of fused-ring (bicyclic) bond motifs is 1. The summed E-state index contributed by atoms with van der Waals surface area (Å²) in [5.74, 6) is -1.36. The number of nitrogens with one attached hydrogen (secondary N) is 1. The predicted molar refractivity (Wildman–Crippen MR) is 95.4 cm³/mol. The second-order valence-corrected chi connectivity index (χ2v) is 6.62. The molecule has 3 rings (SSSR count). The van der Waals surface area contributed by atoms with Crippen LogP contribution >= 0.6 is 0 Å². The van der Waals surface area contributed by atoms with E-state index in [4.69, 9.17) is 0 Å². The fourth-order valence-corrected chi connectivity index (χ4v) is 3.21. The Morgan fingerprint density at radius 1 is 1.30 bits per heavy atom. The maximum atomic E-state index is 13.1. The molecule has 1 aromatic carbocycles. The van der Waals surface area contributed by atoms with Crippen molar-refractivity contribution in [3.63, 3.8) is 0 Å². The number of carbonyl (C=O) groups is 3. The Bertz CT molecular complexity index is 965. The minimum absolute atomic E-state index is 0.301. The van der Waals surface area contributed by atoms with Crippen LogP contribution in [0.25, 0.3) is 0 Å². The molecule has 0 aromatic heterocycles. The molecule has 1 N–H and O–H groups in total. The summed E-state index contributed by atoms with van der Waals surface area (Å²) in [6.07, 6.45) is -4.61. The van der Waals surface area contributed by atoms with Gasteiger partial charge in [0.05, 0.1) is 17.8 Å². The first-order chi connectivity index (χ1) is 13.9. The SMILES string of the molecule is CN1C(=O)C2C(N=CN2CC(=O)Nc2ccc([N+](=O)[O-])c(C(F)(F)F)c2)N(C)C1=O. The molecule has 2 atom stereocenters. The average molecular weight is 428 g/mol. The van der Waals surface area contributed by atoms with Gasteiger partial charge in [-0.1, -0.05) is 0 Å². The zero-order chi connectivity index (χ0) is 22.4. The lowest BCUT2D eigenvalue weighted by Gasteiger charge is -2.39. The fraction of sp³-hybridized carbons (Fsp3) is 0.375. The molecule has 0 saturated carbocycles. The number of nitrogens with zero attached hydrogens (tertiary/aromatic N) is 5. The van der Waals surface area contributed by atoms with Crippen LogP contribution in [0.1, 0.15) is 5.56 Å². The third-order valence-electron chi connectivity index (χ3n) is 4.69. The number of urea groups is 1. The van der Waals surface area contributed by atoms with Gasteiger partial charge in [-0.25, -0.2) is 9.79 Å². The van der Waals surface area contributed by atoms with E-state index >= 15 is 0 Å². The molecule has 2 aliphatic heterocycles. The second-order valence-electron chi connectivity index (χ2n) is 6.62. The Hall–Kier alpha value is -3.71. The molecule has 11 nitrogen and oxygen atoms in total. The number of amides is 4. The zero-order valence-corrected chi connectivity index (χ0v) is 15.6. The molecular formula is C16H15F3N6O5. The van der Waals surface area contributed by atoms with E-state index in [1.807, 2.05) is 0 Å². The maximum Gasteiger partial charge on any atom is 0.423 e. The topological polar surface area (TPSA) is 128 Å². The van der Waals surface area contributed by atoms with E-state index in [2.05, 4.69) is 10.3 Å². The monoisotopic (exact) mass is 428 g/mol. The Kier molecular flexibility index (Phi) is 5.09. The van der Waals surface area contributed by atoms with Gasteiger partial charge in [0, 0.05) is 25.8 Å². The average Bonchev–Trinajstić information content (AvgIpc) is 3.07. The number of aliphatic imine (C=N–C) groups is 1. The Morgan fingerprint density at radius 2 is 1.97 bits per heavy atom. The molecule has 0 spiro atoms. The van der Waals surface area contributed by atoms with Crippen molar-refractivity contribution in [2.24, 2.45) is 4.99 Å². The Morgan fingerprint density at radius 3 is 2.57 bits per heavy atom. The van der Waals surface area contributed by atoms with Crippen molar-refractivity contribution in [3.8, 4) is 0 Å². The number of benzene rings is 1. The van der Waals surface area contributed by atoms with Crippen LogP contribution in [-0.2, 0) is 15.8 Å². The summed E-state index contributed by atoms with van der Waals surface area (Å²) in [7, 11) is 2.73. The quantitative estimate of drug-likeness (QED) is 0.565. The Labute approximate surface area is 166 Å². The molecule has 4 amide bonds. The van der Waals surface area contributed by atoms with E-state index < -0.39 is 58.9 Å². The van der Waals surface area contributed by atoms with Crippen LogP contribution in [0.2, 0.25) is 0 Å². The largest absolute Gasteiger partial charge is 0.423 e. The molecule has 1 aromatic rings. The molecular weight excluding hydrogens is 413 g/mol. The molecule has 1 fully saturated rings. The molecule has 2 unspecified atom stereocenters. The van der Waals surface area contributed by atoms with Gasteiger partial charge in [0.25, 0.3) is 11.6 Å². The molecule has 2 heterocycles. The number of hydrogen-bond donors (Lipinski definition) is 1. The van der Waals surface area contributed by atoms with Crippen molar-refractivity contribution in [3.05, 3.63) is 33.9 Å². The number of nitro benzene ring substituents is 1. The summed E-state index contributed by atoms with van der Waals surface area (Å²) in [6.45, 7) is -0.440. The minimum Gasteiger partial charge on any atom is -0.338 e. The zero-order valence-electron chi connectivity index (χ0n) is 15.6. The normalized spacial score (nSPS) is 21.2. The summed E-state index contributed by atoms with van der Waals surface area (Å²) in [6, 6.07) is 0.564. The van der Waals surface area contributed by atoms with Crippen LogP contribution in [0, 0.1) is 10.1 Å². The summed E-state index contributed by atoms with van der Waals surface area (Å²) >= 11 is 0. The maximum absolute atomic E-state index is 13.1. The van der Waals surface area contributed by atoms with Gasteiger partial charge < -0.3 is 15.1 Å². The number of nitro groups is 1. The van der Waals surface area contributed by atoms with Crippen LogP contribution in [0.5, 0.6) is 0 Å². The van der Waals surface area contributed by atoms with E-state index in [1.54, 1.807) is 0 Å². The lowest BCUT2D eigenvalue weighted by molar-refractivity contribution is -0.388. The summed E-state index contributed by atoms with van der Waals surface area (Å²) < 4.78 is 39.2. The van der Waals surface area contributed by atoms with Gasteiger partial charge in [0.2, 0.25) is 5.91 Å². The molecule has 160 valence electrons. The molecule has 0 radical (unpaired) electrons. The van der Waals surface area contributed by atoms with Gasteiger partial charge in [-0.15, -0.1) is 0 Å². The number of likely N-dealkylation sites (N-methyl/N-ethyl adjacent to an activating group) is 2. The van der Waals surface area contributed by atoms with Crippen molar-refractivity contribution in [2.75, 3.05) is 26.0 Å². The van der Waals surface area contributed by atoms with Crippen molar-refractivity contribution < 1.29 is 32.5 Å². The number of anilines is 1. The van der Waals surface area contributed by atoms with E-state index in [0.29, 0.717) is 12.1 Å². The van der Waals surface area contributed by atoms with Crippen molar-refractivity contribution >= 4 is 35.6 Å². The second kappa shape index (κ2) is 7.27. The molecule has 1 saturated heterocycles. The highest BCUT2D eigenvalue weighted by molar-refractivity contribution is 6.02. The van der Waals surface area contributed by atoms with Gasteiger partial charge in [0.15, 0.2) is 12.2 Å². The van der Waals surface area contributed by atoms with Crippen LogP contribution in [0.4, 0.5) is 29.3 Å². The third kappa shape index (κ3) is 3.62. The Balaban J connectivity index is 1.75. The summed E-state index contributed by atoms with van der Waals surface area (Å²) in [4.78, 5) is 53.7. The number of hydrogen-bond acceptors (Lipinski definition) is 7. The number of imide groups is 1. The molecule has 14 heteroatoms. The minimum atomic E-state index is -4.99. The lowest BCUT2D eigenvalue weighted by atomic mass is 10.1. The standard InChI is InChI=1S/C16H15F3N6O5/c1-22-13-12(14(27)23(2)15(22)28)24(7-20-13)6-11(26)21-8-3-4-10(25(29)30)9(5-8)16(17,18)19/h3-5,7,12-13H,6H2,1-2H3,(H,21,26). The summed E-state index contributed by atoms with van der Waals surface area (Å²) in [5.41, 5.74) is -2.94. The van der Waals surface area contributed by atoms with Crippen molar-refractivity contribution in [1.82, 2.24) is 14.7 Å². The van der Waals surface area contributed by atoms with Gasteiger partial charge in [-0.05, 0) is 12.1 Å². The van der Waals surface area contributed by atoms with Gasteiger partial charge >= 0.3 is 12.2 Å². The van der Waals surface area contributed by atoms with E-state index in [1.165, 1.54) is 30.2 Å². The molecule has 2 aliphatic rings.